The minimum atomic E-state index is -0.751. The van der Waals surface area contributed by atoms with Gasteiger partial charge in [-0.15, -0.1) is 0 Å². The Hall–Kier alpha value is 4.75. The maximum atomic E-state index is 10.1. The van der Waals surface area contributed by atoms with Crippen LogP contribution in [0.3, 0.4) is 0 Å². The fraction of sp³-hybridized carbons (Fsp3) is 0.963. The molecule has 2 unspecified atom stereocenters. The van der Waals surface area contributed by atoms with E-state index in [1.807, 2.05) is 44.4 Å². The van der Waals surface area contributed by atoms with Gasteiger partial charge in [0.2, 0.25) is 0 Å². The number of carbonyl (C=O) groups is 1. The number of hydrogen-bond acceptors (Lipinski definition) is 7. The third-order valence-corrected chi connectivity index (χ3v) is 4.32. The van der Waals surface area contributed by atoms with Crippen molar-refractivity contribution in [2.24, 2.45) is 0 Å². The molecule has 0 saturated carbocycles. The number of hydrogen-bond donors (Lipinski definition) is 3. The molecular weight excluding hydrogens is 893 g/mol. The van der Waals surface area contributed by atoms with Gasteiger partial charge in [-0.3, -0.25) is 14.6 Å². The summed E-state index contributed by atoms with van der Waals surface area (Å²) in [7, 11) is 3.44. The fourth-order valence-corrected chi connectivity index (χ4v) is 1.43. The molecule has 0 aromatic carbocycles. The summed E-state index contributed by atoms with van der Waals surface area (Å²) in [5, 5.41) is 25.1. The van der Waals surface area contributed by atoms with E-state index in [9.17, 15) is 4.79 Å². The van der Waals surface area contributed by atoms with Crippen LogP contribution in [0.1, 0.15) is 102 Å². The smallest absolute Gasteiger partial charge is 0.317 e. The first-order chi connectivity index (χ1) is 16.5. The number of methoxy groups -OCH3 is 2. The van der Waals surface area contributed by atoms with Crippen LogP contribution >= 0.6 is 0 Å². The second kappa shape index (κ2) is 74.5. The third-order valence-electron chi connectivity index (χ3n) is 4.32. The molecule has 0 aliphatic rings. The van der Waals surface area contributed by atoms with Gasteiger partial charge in [-0.2, -0.15) is 0 Å². The monoisotopic (exact) mass is 959 g/mol. The molecule has 5 radical (unpaired) electrons. The van der Waals surface area contributed by atoms with Crippen LogP contribution in [0.2, 0.25) is 0 Å². The van der Waals surface area contributed by atoms with Gasteiger partial charge in [0.05, 0.1) is 25.5 Å². The van der Waals surface area contributed by atoms with Crippen molar-refractivity contribution in [3.63, 3.8) is 0 Å². The Morgan fingerprint density at radius 2 is 1.05 bits per heavy atom. The molecule has 0 spiro atoms. The molecule has 0 aromatic heterocycles. The van der Waals surface area contributed by atoms with Crippen molar-refractivity contribution in [3.8, 4) is 0 Å². The van der Waals surface area contributed by atoms with E-state index in [1.165, 1.54) is 6.42 Å². The standard InChI is InChI=1S/C6H13NO2.C5H13NO.C5H12O.2C4H10O.C3H8.5Y/c1-3-7(4-2)5-6(8)9;1-3-6(4-2)5-7;1-4-5(2)6-3;1-3-4-5-2;1-3-4(2)5;1-3-2;;;;;/h3-5H2,1-2H3,(H,8,9);7H,3-5H2,1-2H3;5H,4H2,1-3H3;3-4H2,1-2H3;4-5H,3H2,1-2H3;3H2,1-2H3;;;;;. The normalized spacial score (nSPS) is 9.62. The average molecular weight is 959 g/mol. The summed E-state index contributed by atoms with van der Waals surface area (Å²) in [5.74, 6) is -0.751. The van der Waals surface area contributed by atoms with E-state index in [-0.39, 0.29) is 183 Å². The average Bonchev–Trinajstić information content (AvgIpc) is 2.85. The topological polar surface area (TPSA) is 103 Å². The van der Waals surface area contributed by atoms with Crippen molar-refractivity contribution >= 4 is 5.97 Å². The summed E-state index contributed by atoms with van der Waals surface area (Å²) in [6, 6.07) is 0. The van der Waals surface area contributed by atoms with Crippen molar-refractivity contribution in [3.05, 3.63) is 0 Å². The molecular formula is C27H66N2O6Y5. The van der Waals surface area contributed by atoms with Crippen molar-refractivity contribution in [1.29, 1.82) is 0 Å². The van der Waals surface area contributed by atoms with Gasteiger partial charge in [0.1, 0.15) is 0 Å². The Morgan fingerprint density at radius 3 is 1.07 bits per heavy atom. The van der Waals surface area contributed by atoms with Gasteiger partial charge in [0, 0.05) is 184 Å². The van der Waals surface area contributed by atoms with Gasteiger partial charge in [-0.1, -0.05) is 68.7 Å². The number of carboxylic acid groups (broad SMARTS) is 1. The van der Waals surface area contributed by atoms with Crippen LogP contribution in [0, 0.1) is 0 Å². The molecule has 0 fully saturated rings. The zero-order valence-electron chi connectivity index (χ0n) is 28.8. The molecule has 2 atom stereocenters. The van der Waals surface area contributed by atoms with Gasteiger partial charge in [0.25, 0.3) is 0 Å². The molecule has 0 bridgehead atoms. The molecule has 40 heavy (non-hydrogen) atoms. The van der Waals surface area contributed by atoms with Crippen molar-refractivity contribution in [2.45, 2.75) is 114 Å². The van der Waals surface area contributed by atoms with Gasteiger partial charge < -0.3 is 24.8 Å². The maximum absolute atomic E-state index is 10.1. The van der Waals surface area contributed by atoms with E-state index in [1.54, 1.807) is 21.1 Å². The van der Waals surface area contributed by atoms with Gasteiger partial charge in [-0.25, -0.2) is 0 Å². The number of ether oxygens (including phenoxy) is 2. The van der Waals surface area contributed by atoms with Crippen LogP contribution in [0.25, 0.3) is 0 Å². The summed E-state index contributed by atoms with van der Waals surface area (Å²) in [6.45, 7) is 26.9. The van der Waals surface area contributed by atoms with Crippen molar-refractivity contribution in [2.75, 3.05) is 60.3 Å². The molecule has 8 nitrogen and oxygen atoms in total. The van der Waals surface area contributed by atoms with Crippen LogP contribution in [-0.2, 0) is 178 Å². The van der Waals surface area contributed by atoms with Crippen molar-refractivity contribution in [1.82, 2.24) is 9.80 Å². The number of carboxylic acids is 1. The van der Waals surface area contributed by atoms with Crippen LogP contribution in [0.4, 0.5) is 0 Å². The van der Waals surface area contributed by atoms with E-state index >= 15 is 0 Å². The SMILES string of the molecule is CCC.CCC(C)O.CCC(C)OC.CCCOC.CCN(CC)CC(=O)O.CCN(CC)CO.[Y].[Y].[Y].[Y].[Y]. The van der Waals surface area contributed by atoms with E-state index in [2.05, 4.69) is 34.6 Å². The van der Waals surface area contributed by atoms with Gasteiger partial charge in [-0.05, 0) is 59.3 Å². The Kier molecular flexibility index (Phi) is 140. The molecule has 3 N–H and O–H groups in total. The van der Waals surface area contributed by atoms with Crippen LogP contribution in [-0.4, -0.2) is 104 Å². The maximum Gasteiger partial charge on any atom is 0.317 e. The van der Waals surface area contributed by atoms with E-state index in [4.69, 9.17) is 24.8 Å². The first kappa shape index (κ1) is 75.2. The fourth-order valence-electron chi connectivity index (χ4n) is 1.43. The number of rotatable bonds is 12. The number of nitrogens with zero attached hydrogens (tertiary/aromatic N) is 2. The van der Waals surface area contributed by atoms with Crippen LogP contribution in [0.5, 0.6) is 0 Å². The van der Waals surface area contributed by atoms with Gasteiger partial charge >= 0.3 is 5.97 Å². The summed E-state index contributed by atoms with van der Waals surface area (Å²) >= 11 is 0. The molecule has 0 aromatic rings. The molecule has 0 amide bonds. The summed E-state index contributed by atoms with van der Waals surface area (Å²) in [4.78, 5) is 13.9. The van der Waals surface area contributed by atoms with E-state index < -0.39 is 5.97 Å². The Morgan fingerprint density at radius 1 is 0.725 bits per heavy atom. The molecule has 0 aliphatic carbocycles. The number of likely N-dealkylation sites (N-methyl/N-ethyl adjacent to an activating group) is 1. The Bertz CT molecular complexity index is 337. The van der Waals surface area contributed by atoms with E-state index in [0.717, 1.165) is 52.0 Å². The third kappa shape index (κ3) is 104. The first-order valence-corrected chi connectivity index (χ1v) is 13.4. The number of aliphatic carboxylic acids is 1. The summed E-state index contributed by atoms with van der Waals surface area (Å²) in [5.41, 5.74) is 0. The zero-order chi connectivity index (χ0) is 29.1. The Labute approximate surface area is 376 Å². The molecule has 0 rings (SSSR count). The van der Waals surface area contributed by atoms with E-state index in [0.29, 0.717) is 6.10 Å². The zero-order valence-corrected chi connectivity index (χ0v) is 43.0. The number of aliphatic hydroxyl groups is 2. The van der Waals surface area contributed by atoms with Gasteiger partial charge in [0.15, 0.2) is 0 Å². The Balaban J connectivity index is -0.0000000280. The second-order valence-electron chi connectivity index (χ2n) is 7.71. The molecule has 0 aliphatic heterocycles. The largest absolute Gasteiger partial charge is 0.480 e. The molecule has 13 heteroatoms. The second-order valence-corrected chi connectivity index (χ2v) is 7.71. The van der Waals surface area contributed by atoms with Crippen LogP contribution in [0.15, 0.2) is 0 Å². The van der Waals surface area contributed by atoms with Crippen molar-refractivity contribution < 1.29 is 193 Å². The predicted molar refractivity (Wildman–Crippen MR) is 152 cm³/mol. The predicted octanol–water partition coefficient (Wildman–Crippen LogP) is 5.35. The quantitative estimate of drug-likeness (QED) is 0.226. The summed E-state index contributed by atoms with van der Waals surface area (Å²) in [6.07, 6.45) is 4.66. The minimum Gasteiger partial charge on any atom is -0.480 e. The molecule has 235 valence electrons. The first-order valence-electron chi connectivity index (χ1n) is 13.4. The summed E-state index contributed by atoms with van der Waals surface area (Å²) < 4.78 is 9.59. The van der Waals surface area contributed by atoms with Crippen LogP contribution < -0.4 is 0 Å². The molecule has 0 heterocycles. The molecule has 0 saturated heterocycles. The number of aliphatic hydroxyl groups excluding tert-OH is 2. The minimum absolute atomic E-state index is 0.